The Balaban J connectivity index is 1.68. The van der Waals surface area contributed by atoms with Gasteiger partial charge < -0.3 is 10.5 Å². The van der Waals surface area contributed by atoms with Crippen LogP contribution in [0.5, 0.6) is 0 Å². The van der Waals surface area contributed by atoms with Gasteiger partial charge in [0.1, 0.15) is 0 Å². The fourth-order valence-electron chi connectivity index (χ4n) is 3.00. The Morgan fingerprint density at radius 1 is 1.21 bits per heavy atom. The Morgan fingerprint density at radius 3 is 2.95 bits per heavy atom. The third-order valence-electron chi connectivity index (χ3n) is 4.16. The second-order valence-electron chi connectivity index (χ2n) is 5.39. The van der Waals surface area contributed by atoms with Crippen LogP contribution >= 0.6 is 11.3 Å². The molecule has 2 atom stereocenters. The highest BCUT2D eigenvalue weighted by atomic mass is 32.1. The highest BCUT2D eigenvalue weighted by Gasteiger charge is 2.24. The molecule has 0 radical (unpaired) electrons. The van der Waals surface area contributed by atoms with Crippen LogP contribution in [0.4, 0.5) is 0 Å². The number of rotatable bonds is 4. The first-order valence-electron chi connectivity index (χ1n) is 7.15. The van der Waals surface area contributed by atoms with Gasteiger partial charge in [0.05, 0.1) is 12.7 Å². The van der Waals surface area contributed by atoms with Crippen LogP contribution in [-0.2, 0) is 11.3 Å². The number of hydrogen-bond acceptors (Lipinski definition) is 3. The summed E-state index contributed by atoms with van der Waals surface area (Å²) in [5.74, 6) is 0.554. The summed E-state index contributed by atoms with van der Waals surface area (Å²) in [5.41, 5.74) is 7.18. The highest BCUT2D eigenvalue weighted by Crippen LogP contribution is 2.30. The second-order valence-corrected chi connectivity index (χ2v) is 6.30. The van der Waals surface area contributed by atoms with Gasteiger partial charge >= 0.3 is 0 Å². The van der Waals surface area contributed by atoms with E-state index in [1.165, 1.54) is 41.3 Å². The fourth-order valence-corrected chi connectivity index (χ4v) is 3.95. The van der Waals surface area contributed by atoms with Gasteiger partial charge in [0.25, 0.3) is 0 Å². The van der Waals surface area contributed by atoms with Crippen molar-refractivity contribution in [1.29, 1.82) is 0 Å². The van der Waals surface area contributed by atoms with E-state index >= 15 is 0 Å². The third kappa shape index (κ3) is 2.83. The molecule has 1 aromatic carbocycles. The minimum Gasteiger partial charge on any atom is -0.373 e. The number of nitrogens with two attached hydrogens (primary N) is 1. The van der Waals surface area contributed by atoms with Crippen LogP contribution in [0.2, 0.25) is 0 Å². The molecular formula is C16H21NOS. The summed E-state index contributed by atoms with van der Waals surface area (Å²) >= 11 is 1.80. The van der Waals surface area contributed by atoms with Crippen molar-refractivity contribution in [2.75, 3.05) is 6.54 Å². The van der Waals surface area contributed by atoms with E-state index in [-0.39, 0.29) is 0 Å². The van der Waals surface area contributed by atoms with Gasteiger partial charge in [0.15, 0.2) is 0 Å². The van der Waals surface area contributed by atoms with Gasteiger partial charge in [0.2, 0.25) is 0 Å². The van der Waals surface area contributed by atoms with Gasteiger partial charge in [0, 0.05) is 4.70 Å². The van der Waals surface area contributed by atoms with Gasteiger partial charge in [-0.3, -0.25) is 0 Å². The van der Waals surface area contributed by atoms with Crippen LogP contribution in [0.3, 0.4) is 0 Å². The van der Waals surface area contributed by atoms with Crippen molar-refractivity contribution in [1.82, 2.24) is 0 Å². The number of fused-ring (bicyclic) bond motifs is 1. The molecule has 1 fully saturated rings. The molecule has 102 valence electrons. The first-order valence-corrected chi connectivity index (χ1v) is 8.03. The minimum absolute atomic E-state index is 0.359. The van der Waals surface area contributed by atoms with Crippen molar-refractivity contribution < 1.29 is 4.74 Å². The molecule has 3 rings (SSSR count). The molecule has 2 N–H and O–H groups in total. The highest BCUT2D eigenvalue weighted by molar-refractivity contribution is 7.17. The predicted molar refractivity (Wildman–Crippen MR) is 81.4 cm³/mol. The van der Waals surface area contributed by atoms with E-state index < -0.39 is 0 Å². The Bertz CT molecular complexity index is 536. The lowest BCUT2D eigenvalue weighted by Crippen LogP contribution is -2.33. The summed E-state index contributed by atoms with van der Waals surface area (Å²) in [6, 6.07) is 8.55. The van der Waals surface area contributed by atoms with Crippen LogP contribution in [0.25, 0.3) is 10.1 Å². The monoisotopic (exact) mass is 275 g/mol. The zero-order chi connectivity index (χ0) is 13.1. The molecule has 0 spiro atoms. The van der Waals surface area contributed by atoms with Crippen molar-refractivity contribution >= 4 is 21.4 Å². The Morgan fingerprint density at radius 2 is 2.05 bits per heavy atom. The lowest BCUT2D eigenvalue weighted by Gasteiger charge is -2.30. The maximum atomic E-state index is 6.17. The molecule has 3 heteroatoms. The van der Waals surface area contributed by atoms with E-state index in [2.05, 4.69) is 29.6 Å². The smallest absolute Gasteiger partial charge is 0.0734 e. The summed E-state index contributed by atoms with van der Waals surface area (Å²) in [7, 11) is 0. The van der Waals surface area contributed by atoms with Gasteiger partial charge in [-0.25, -0.2) is 0 Å². The molecule has 1 aromatic heterocycles. The quantitative estimate of drug-likeness (QED) is 0.917. The van der Waals surface area contributed by atoms with Crippen LogP contribution < -0.4 is 5.73 Å². The standard InChI is InChI=1S/C16H21NOS/c17-9-12-5-1-3-7-15(12)18-10-13-11-19-16-8-4-2-6-14(13)16/h2,4,6,8,11-12,15H,1,3,5,7,9-10,17H2. The minimum atomic E-state index is 0.359. The maximum Gasteiger partial charge on any atom is 0.0734 e. The number of thiophene rings is 1. The molecule has 1 saturated carbocycles. The fraction of sp³-hybridized carbons (Fsp3) is 0.500. The largest absolute Gasteiger partial charge is 0.373 e. The summed E-state index contributed by atoms with van der Waals surface area (Å²) in [5, 5.41) is 3.57. The second kappa shape index (κ2) is 6.04. The van der Waals surface area contributed by atoms with Crippen molar-refractivity contribution in [2.45, 2.75) is 38.4 Å². The first-order chi connectivity index (χ1) is 9.38. The summed E-state index contributed by atoms with van der Waals surface area (Å²) in [4.78, 5) is 0. The summed E-state index contributed by atoms with van der Waals surface area (Å²) in [6.07, 6.45) is 5.35. The van der Waals surface area contributed by atoms with E-state index in [4.69, 9.17) is 10.5 Å². The lowest BCUT2D eigenvalue weighted by atomic mass is 9.86. The van der Waals surface area contributed by atoms with Crippen LogP contribution in [0, 0.1) is 5.92 Å². The Hall–Kier alpha value is -0.900. The van der Waals surface area contributed by atoms with Gasteiger partial charge in [-0.2, -0.15) is 0 Å². The zero-order valence-electron chi connectivity index (χ0n) is 11.2. The van der Waals surface area contributed by atoms with E-state index in [1.807, 2.05) is 0 Å². The van der Waals surface area contributed by atoms with Gasteiger partial charge in [-0.05, 0) is 47.7 Å². The predicted octanol–water partition coefficient (Wildman–Crippen LogP) is 3.94. The Kier molecular flexibility index (Phi) is 4.16. The molecule has 0 amide bonds. The summed E-state index contributed by atoms with van der Waals surface area (Å²) < 4.78 is 7.51. The molecule has 2 unspecified atom stereocenters. The molecule has 2 aromatic rings. The normalized spacial score (nSPS) is 23.8. The molecular weight excluding hydrogens is 254 g/mol. The van der Waals surface area contributed by atoms with Crippen LogP contribution in [0.15, 0.2) is 29.6 Å². The summed E-state index contributed by atoms with van der Waals surface area (Å²) in [6.45, 7) is 1.49. The van der Waals surface area contributed by atoms with E-state index in [9.17, 15) is 0 Å². The average molecular weight is 275 g/mol. The van der Waals surface area contributed by atoms with E-state index in [1.54, 1.807) is 11.3 Å². The Labute approximate surface area is 118 Å². The molecule has 2 nitrogen and oxygen atoms in total. The third-order valence-corrected chi connectivity index (χ3v) is 5.17. The molecule has 0 bridgehead atoms. The molecule has 1 aliphatic rings. The molecule has 1 heterocycles. The zero-order valence-corrected chi connectivity index (χ0v) is 12.0. The van der Waals surface area contributed by atoms with Crippen LogP contribution in [-0.4, -0.2) is 12.6 Å². The number of ether oxygens (including phenoxy) is 1. The van der Waals surface area contributed by atoms with E-state index in [0.29, 0.717) is 12.0 Å². The van der Waals surface area contributed by atoms with Gasteiger partial charge in [-0.15, -0.1) is 11.3 Å². The molecule has 1 aliphatic carbocycles. The maximum absolute atomic E-state index is 6.17. The topological polar surface area (TPSA) is 35.2 Å². The number of hydrogen-bond donors (Lipinski definition) is 1. The van der Waals surface area contributed by atoms with E-state index in [0.717, 1.165) is 13.2 Å². The first kappa shape index (κ1) is 13.1. The average Bonchev–Trinajstić information content (AvgIpc) is 2.89. The van der Waals surface area contributed by atoms with Crippen LogP contribution in [0.1, 0.15) is 31.2 Å². The lowest BCUT2D eigenvalue weighted by molar-refractivity contribution is -0.0177. The van der Waals surface area contributed by atoms with Crippen molar-refractivity contribution in [3.05, 3.63) is 35.2 Å². The van der Waals surface area contributed by atoms with Gasteiger partial charge in [-0.1, -0.05) is 31.0 Å². The van der Waals surface area contributed by atoms with Crippen molar-refractivity contribution in [2.24, 2.45) is 11.7 Å². The molecule has 19 heavy (non-hydrogen) atoms. The molecule has 0 saturated heterocycles. The molecule has 0 aliphatic heterocycles. The van der Waals surface area contributed by atoms with Crippen molar-refractivity contribution in [3.8, 4) is 0 Å². The van der Waals surface area contributed by atoms with Crippen molar-refractivity contribution in [3.63, 3.8) is 0 Å². The number of benzene rings is 1. The SMILES string of the molecule is NCC1CCCCC1OCc1csc2ccccc12.